The van der Waals surface area contributed by atoms with E-state index in [1.165, 1.54) is 0 Å². The van der Waals surface area contributed by atoms with E-state index in [0.29, 0.717) is 13.2 Å². The predicted octanol–water partition coefficient (Wildman–Crippen LogP) is 1.42. The van der Waals surface area contributed by atoms with Crippen molar-refractivity contribution in [2.75, 3.05) is 13.2 Å². The molecule has 0 spiro atoms. The van der Waals surface area contributed by atoms with Crippen molar-refractivity contribution >= 4 is 5.97 Å². The SMILES string of the molecule is CCCCOC(=O)CNCc1cc(C)on1. The summed E-state index contributed by atoms with van der Waals surface area (Å²) >= 11 is 0. The maximum atomic E-state index is 11.2. The molecule has 0 saturated heterocycles. The van der Waals surface area contributed by atoms with Crippen LogP contribution in [0.15, 0.2) is 10.6 Å². The number of nitrogens with one attached hydrogen (secondary N) is 1. The van der Waals surface area contributed by atoms with Crippen molar-refractivity contribution in [3.8, 4) is 0 Å². The van der Waals surface area contributed by atoms with Gasteiger partial charge in [0.05, 0.1) is 18.8 Å². The molecule has 5 heteroatoms. The lowest BCUT2D eigenvalue weighted by molar-refractivity contribution is -0.142. The third kappa shape index (κ3) is 4.93. The van der Waals surface area contributed by atoms with Gasteiger partial charge in [0.2, 0.25) is 0 Å². The lowest BCUT2D eigenvalue weighted by Crippen LogP contribution is -2.24. The fourth-order valence-corrected chi connectivity index (χ4v) is 1.18. The first-order valence-electron chi connectivity index (χ1n) is 5.51. The zero-order valence-corrected chi connectivity index (χ0v) is 9.78. The summed E-state index contributed by atoms with van der Waals surface area (Å²) in [5.41, 5.74) is 0.791. The quantitative estimate of drug-likeness (QED) is 0.562. The third-order valence-electron chi connectivity index (χ3n) is 2.01. The third-order valence-corrected chi connectivity index (χ3v) is 2.01. The topological polar surface area (TPSA) is 64.4 Å². The normalized spacial score (nSPS) is 10.4. The first-order valence-corrected chi connectivity index (χ1v) is 5.51. The number of esters is 1. The Labute approximate surface area is 95.1 Å². The minimum absolute atomic E-state index is 0.204. The molecule has 1 aromatic heterocycles. The van der Waals surface area contributed by atoms with Crippen LogP contribution in [-0.2, 0) is 16.1 Å². The van der Waals surface area contributed by atoms with Crippen LogP contribution in [0.1, 0.15) is 31.2 Å². The summed E-state index contributed by atoms with van der Waals surface area (Å²) in [5.74, 6) is 0.538. The second kappa shape index (κ2) is 7.00. The van der Waals surface area contributed by atoms with Crippen LogP contribution >= 0.6 is 0 Å². The molecule has 0 saturated carbocycles. The molecule has 0 amide bonds. The molecule has 1 N–H and O–H groups in total. The average Bonchev–Trinajstić information content (AvgIpc) is 2.65. The van der Waals surface area contributed by atoms with Crippen molar-refractivity contribution in [2.45, 2.75) is 33.2 Å². The summed E-state index contributed by atoms with van der Waals surface area (Å²) in [6.07, 6.45) is 1.94. The summed E-state index contributed by atoms with van der Waals surface area (Å²) in [4.78, 5) is 11.2. The average molecular weight is 226 g/mol. The molecule has 0 atom stereocenters. The van der Waals surface area contributed by atoms with Gasteiger partial charge in [-0.1, -0.05) is 18.5 Å². The van der Waals surface area contributed by atoms with Crippen molar-refractivity contribution in [1.82, 2.24) is 10.5 Å². The van der Waals surface area contributed by atoms with Gasteiger partial charge in [-0.25, -0.2) is 0 Å². The van der Waals surface area contributed by atoms with Crippen molar-refractivity contribution in [3.63, 3.8) is 0 Å². The van der Waals surface area contributed by atoms with E-state index >= 15 is 0 Å². The lowest BCUT2D eigenvalue weighted by atomic mass is 10.3. The van der Waals surface area contributed by atoms with Gasteiger partial charge in [-0.05, 0) is 13.3 Å². The Kier molecular flexibility index (Phi) is 5.56. The molecule has 5 nitrogen and oxygen atoms in total. The first-order chi connectivity index (χ1) is 7.72. The highest BCUT2D eigenvalue weighted by molar-refractivity contribution is 5.71. The molecule has 0 unspecified atom stereocenters. The number of carbonyl (C=O) groups excluding carboxylic acids is 1. The van der Waals surface area contributed by atoms with E-state index in [1.807, 2.05) is 13.0 Å². The highest BCUT2D eigenvalue weighted by atomic mass is 16.5. The van der Waals surface area contributed by atoms with Crippen LogP contribution in [0.25, 0.3) is 0 Å². The highest BCUT2D eigenvalue weighted by Crippen LogP contribution is 2.00. The van der Waals surface area contributed by atoms with Crippen molar-refractivity contribution in [2.24, 2.45) is 0 Å². The number of hydrogen-bond acceptors (Lipinski definition) is 5. The van der Waals surface area contributed by atoms with Crippen LogP contribution < -0.4 is 5.32 Å². The van der Waals surface area contributed by atoms with Crippen LogP contribution in [0.5, 0.6) is 0 Å². The van der Waals surface area contributed by atoms with Gasteiger partial charge in [-0.3, -0.25) is 4.79 Å². The molecule has 0 aliphatic heterocycles. The van der Waals surface area contributed by atoms with Gasteiger partial charge in [0, 0.05) is 12.6 Å². The highest BCUT2D eigenvalue weighted by Gasteiger charge is 2.03. The lowest BCUT2D eigenvalue weighted by Gasteiger charge is -2.03. The molecule has 1 heterocycles. The van der Waals surface area contributed by atoms with E-state index in [0.717, 1.165) is 24.3 Å². The standard InChI is InChI=1S/C11H18N2O3/c1-3-4-5-15-11(14)8-12-7-10-6-9(2)16-13-10/h6,12H,3-5,7-8H2,1-2H3. The summed E-state index contributed by atoms with van der Waals surface area (Å²) in [5, 5.41) is 6.74. The number of ether oxygens (including phenoxy) is 1. The van der Waals surface area contributed by atoms with Gasteiger partial charge >= 0.3 is 5.97 Å². The molecule has 0 aromatic carbocycles. The Hall–Kier alpha value is -1.36. The van der Waals surface area contributed by atoms with Crippen LogP contribution in [-0.4, -0.2) is 24.3 Å². The van der Waals surface area contributed by atoms with Gasteiger partial charge in [0.1, 0.15) is 5.76 Å². The zero-order chi connectivity index (χ0) is 11.8. The number of hydrogen-bond donors (Lipinski definition) is 1. The van der Waals surface area contributed by atoms with E-state index < -0.39 is 0 Å². The molecule has 0 aliphatic carbocycles. The second-order valence-electron chi connectivity index (χ2n) is 3.61. The van der Waals surface area contributed by atoms with Gasteiger partial charge in [0.25, 0.3) is 0 Å². The molecule has 0 fully saturated rings. The molecule has 90 valence electrons. The van der Waals surface area contributed by atoms with Crippen LogP contribution in [0, 0.1) is 6.92 Å². The minimum atomic E-state index is -0.228. The first kappa shape index (κ1) is 12.7. The number of rotatable bonds is 7. The summed E-state index contributed by atoms with van der Waals surface area (Å²) in [6.45, 7) is 5.10. The van der Waals surface area contributed by atoms with E-state index in [9.17, 15) is 4.79 Å². The summed E-state index contributed by atoms with van der Waals surface area (Å²) in [7, 11) is 0. The number of aryl methyl sites for hydroxylation is 1. The smallest absolute Gasteiger partial charge is 0.319 e. The van der Waals surface area contributed by atoms with Crippen molar-refractivity contribution in [1.29, 1.82) is 0 Å². The van der Waals surface area contributed by atoms with Crippen LogP contribution in [0.3, 0.4) is 0 Å². The maximum Gasteiger partial charge on any atom is 0.319 e. The zero-order valence-electron chi connectivity index (χ0n) is 9.78. The fraction of sp³-hybridized carbons (Fsp3) is 0.636. The molecule has 0 aliphatic rings. The number of unbranched alkanes of at least 4 members (excludes halogenated alkanes) is 1. The largest absolute Gasteiger partial charge is 0.465 e. The Balaban J connectivity index is 2.08. The van der Waals surface area contributed by atoms with Crippen LogP contribution in [0.4, 0.5) is 0 Å². The predicted molar refractivity (Wildman–Crippen MR) is 58.8 cm³/mol. The molecule has 16 heavy (non-hydrogen) atoms. The van der Waals surface area contributed by atoms with Gasteiger partial charge < -0.3 is 14.6 Å². The molecule has 1 rings (SSSR count). The molecule has 0 bridgehead atoms. The van der Waals surface area contributed by atoms with Gasteiger partial charge in [-0.15, -0.1) is 0 Å². The number of nitrogens with zero attached hydrogens (tertiary/aromatic N) is 1. The minimum Gasteiger partial charge on any atom is -0.465 e. The molecule has 1 aromatic rings. The van der Waals surface area contributed by atoms with E-state index in [2.05, 4.69) is 17.4 Å². The fourth-order valence-electron chi connectivity index (χ4n) is 1.18. The van der Waals surface area contributed by atoms with E-state index in [4.69, 9.17) is 9.26 Å². The Bertz CT molecular complexity index is 323. The number of aromatic nitrogens is 1. The Morgan fingerprint density at radius 3 is 3.06 bits per heavy atom. The monoisotopic (exact) mass is 226 g/mol. The van der Waals surface area contributed by atoms with Crippen molar-refractivity contribution in [3.05, 3.63) is 17.5 Å². The molecular formula is C11H18N2O3. The van der Waals surface area contributed by atoms with Crippen LogP contribution in [0.2, 0.25) is 0 Å². The van der Waals surface area contributed by atoms with E-state index in [-0.39, 0.29) is 12.5 Å². The Morgan fingerprint density at radius 1 is 1.62 bits per heavy atom. The maximum absolute atomic E-state index is 11.2. The van der Waals surface area contributed by atoms with Gasteiger partial charge in [0.15, 0.2) is 0 Å². The van der Waals surface area contributed by atoms with Crippen molar-refractivity contribution < 1.29 is 14.1 Å². The van der Waals surface area contributed by atoms with E-state index in [1.54, 1.807) is 0 Å². The summed E-state index contributed by atoms with van der Waals surface area (Å²) < 4.78 is 9.88. The Morgan fingerprint density at radius 2 is 2.44 bits per heavy atom. The van der Waals surface area contributed by atoms with Gasteiger partial charge in [-0.2, -0.15) is 0 Å². The molecule has 0 radical (unpaired) electrons. The number of carbonyl (C=O) groups is 1. The second-order valence-corrected chi connectivity index (χ2v) is 3.61. The molecular weight excluding hydrogens is 208 g/mol. The summed E-state index contributed by atoms with van der Waals surface area (Å²) in [6, 6.07) is 1.83.